The van der Waals surface area contributed by atoms with E-state index in [9.17, 15) is 13.6 Å². The molecule has 0 bridgehead atoms. The summed E-state index contributed by atoms with van der Waals surface area (Å²) in [6.07, 6.45) is 0. The van der Waals surface area contributed by atoms with Gasteiger partial charge in [0.05, 0.1) is 10.7 Å². The average molecular weight is 449 g/mol. The van der Waals surface area contributed by atoms with E-state index >= 15 is 0 Å². The third-order valence-electron chi connectivity index (χ3n) is 4.93. The van der Waals surface area contributed by atoms with Crippen molar-refractivity contribution >= 4 is 34.9 Å². The molecule has 154 valence electrons. The van der Waals surface area contributed by atoms with Crippen LogP contribution in [0.25, 0.3) is 11.3 Å². The monoisotopic (exact) mass is 448 g/mol. The molecule has 4 rings (SSSR count). The first-order valence-corrected chi connectivity index (χ1v) is 9.97. The van der Waals surface area contributed by atoms with Gasteiger partial charge < -0.3 is 9.80 Å². The Morgan fingerprint density at radius 2 is 1.60 bits per heavy atom. The van der Waals surface area contributed by atoms with E-state index in [0.29, 0.717) is 47.7 Å². The van der Waals surface area contributed by atoms with Crippen molar-refractivity contribution in [2.24, 2.45) is 0 Å². The van der Waals surface area contributed by atoms with Crippen LogP contribution in [0.15, 0.2) is 48.5 Å². The van der Waals surface area contributed by atoms with Crippen LogP contribution in [0, 0.1) is 11.6 Å². The second-order valence-corrected chi connectivity index (χ2v) is 7.62. The van der Waals surface area contributed by atoms with E-state index < -0.39 is 23.1 Å². The quantitative estimate of drug-likeness (QED) is 0.582. The Morgan fingerprint density at radius 3 is 2.20 bits per heavy atom. The maximum atomic E-state index is 13.9. The summed E-state index contributed by atoms with van der Waals surface area (Å²) in [6.45, 7) is 1.58. The number of rotatable bonds is 3. The van der Waals surface area contributed by atoms with Crippen molar-refractivity contribution in [1.29, 1.82) is 0 Å². The number of benzene rings is 2. The van der Waals surface area contributed by atoms with Crippen molar-refractivity contribution < 1.29 is 13.6 Å². The van der Waals surface area contributed by atoms with Gasteiger partial charge in [0, 0.05) is 36.8 Å². The van der Waals surface area contributed by atoms with E-state index in [2.05, 4.69) is 10.2 Å². The molecule has 1 amide bonds. The molecule has 1 saturated heterocycles. The van der Waals surface area contributed by atoms with Crippen LogP contribution >= 0.6 is 23.2 Å². The number of aromatic nitrogens is 2. The van der Waals surface area contributed by atoms with Gasteiger partial charge in [0.25, 0.3) is 5.91 Å². The SMILES string of the molecule is O=C(c1c(F)cccc1F)N1CCN(c2ccc(-c3ccc(Cl)cc3Cl)nn2)CC1. The van der Waals surface area contributed by atoms with Gasteiger partial charge in [0.2, 0.25) is 0 Å². The van der Waals surface area contributed by atoms with Crippen LogP contribution in [0.3, 0.4) is 0 Å². The summed E-state index contributed by atoms with van der Waals surface area (Å²) >= 11 is 12.1. The van der Waals surface area contributed by atoms with Crippen LogP contribution in [0.2, 0.25) is 10.0 Å². The molecule has 0 unspecified atom stereocenters. The lowest BCUT2D eigenvalue weighted by Crippen LogP contribution is -2.49. The van der Waals surface area contributed by atoms with Gasteiger partial charge in [0.15, 0.2) is 5.82 Å². The van der Waals surface area contributed by atoms with Crippen molar-refractivity contribution in [3.63, 3.8) is 0 Å². The van der Waals surface area contributed by atoms with Gasteiger partial charge in [0.1, 0.15) is 17.2 Å². The van der Waals surface area contributed by atoms with Crippen molar-refractivity contribution in [2.45, 2.75) is 0 Å². The molecule has 1 fully saturated rings. The van der Waals surface area contributed by atoms with Gasteiger partial charge in [-0.05, 0) is 42.5 Å². The fourth-order valence-electron chi connectivity index (χ4n) is 3.33. The van der Waals surface area contributed by atoms with Gasteiger partial charge in [-0.2, -0.15) is 0 Å². The van der Waals surface area contributed by atoms with Gasteiger partial charge in [-0.1, -0.05) is 29.3 Å². The van der Waals surface area contributed by atoms with Gasteiger partial charge in [-0.3, -0.25) is 4.79 Å². The fraction of sp³-hybridized carbons (Fsp3) is 0.190. The fourth-order valence-corrected chi connectivity index (χ4v) is 3.84. The molecule has 1 aromatic heterocycles. The van der Waals surface area contributed by atoms with Crippen LogP contribution in [0.1, 0.15) is 10.4 Å². The van der Waals surface area contributed by atoms with Crippen molar-refractivity contribution in [3.05, 3.63) is 75.8 Å². The molecule has 0 aliphatic carbocycles. The highest BCUT2D eigenvalue weighted by Crippen LogP contribution is 2.29. The van der Waals surface area contributed by atoms with Gasteiger partial charge in [-0.15, -0.1) is 10.2 Å². The molecule has 0 N–H and O–H groups in total. The molecule has 1 aliphatic rings. The molecule has 3 aromatic rings. The second-order valence-electron chi connectivity index (χ2n) is 6.78. The highest BCUT2D eigenvalue weighted by Gasteiger charge is 2.27. The van der Waals surface area contributed by atoms with Crippen molar-refractivity contribution in [3.8, 4) is 11.3 Å². The topological polar surface area (TPSA) is 49.3 Å². The van der Waals surface area contributed by atoms with Crippen molar-refractivity contribution in [1.82, 2.24) is 15.1 Å². The zero-order valence-corrected chi connectivity index (χ0v) is 17.2. The Bertz CT molecular complexity index is 1070. The van der Waals surface area contributed by atoms with E-state index in [0.717, 1.165) is 17.7 Å². The normalized spacial score (nSPS) is 14.1. The maximum Gasteiger partial charge on any atom is 0.259 e. The molecular formula is C21H16Cl2F2N4O. The molecule has 1 aliphatic heterocycles. The molecule has 2 aromatic carbocycles. The number of hydrogen-bond donors (Lipinski definition) is 0. The lowest BCUT2D eigenvalue weighted by Gasteiger charge is -2.35. The summed E-state index contributed by atoms with van der Waals surface area (Å²) in [7, 11) is 0. The lowest BCUT2D eigenvalue weighted by atomic mass is 10.1. The number of anilines is 1. The second kappa shape index (κ2) is 8.53. The average Bonchev–Trinajstić information content (AvgIpc) is 2.74. The summed E-state index contributed by atoms with van der Waals surface area (Å²) in [5.41, 5.74) is 0.821. The highest BCUT2D eigenvalue weighted by atomic mass is 35.5. The van der Waals surface area contributed by atoms with E-state index in [1.165, 1.54) is 11.0 Å². The van der Waals surface area contributed by atoms with Gasteiger partial charge >= 0.3 is 0 Å². The number of carbonyl (C=O) groups excluding carboxylic acids is 1. The Labute approximate surface area is 181 Å². The summed E-state index contributed by atoms with van der Waals surface area (Å²) in [5.74, 6) is -1.72. The minimum atomic E-state index is -0.857. The molecule has 5 nitrogen and oxygen atoms in total. The zero-order chi connectivity index (χ0) is 21.3. The first-order chi connectivity index (χ1) is 14.4. The predicted molar refractivity (Wildman–Crippen MR) is 112 cm³/mol. The van der Waals surface area contributed by atoms with Gasteiger partial charge in [-0.25, -0.2) is 8.78 Å². The van der Waals surface area contributed by atoms with Crippen LogP contribution < -0.4 is 4.90 Å². The van der Waals surface area contributed by atoms with E-state index in [1.807, 2.05) is 17.0 Å². The van der Waals surface area contributed by atoms with E-state index in [1.54, 1.807) is 18.2 Å². The van der Waals surface area contributed by atoms with Crippen LogP contribution in [0.5, 0.6) is 0 Å². The number of nitrogens with zero attached hydrogens (tertiary/aromatic N) is 4. The number of carbonyl (C=O) groups is 1. The molecule has 0 spiro atoms. The third-order valence-corrected chi connectivity index (χ3v) is 5.47. The molecule has 0 atom stereocenters. The highest BCUT2D eigenvalue weighted by molar-refractivity contribution is 6.36. The minimum Gasteiger partial charge on any atom is -0.352 e. The number of piperazine rings is 1. The summed E-state index contributed by atoms with van der Waals surface area (Å²) in [5, 5.41) is 9.52. The van der Waals surface area contributed by atoms with Crippen LogP contribution in [-0.4, -0.2) is 47.2 Å². The lowest BCUT2D eigenvalue weighted by molar-refractivity contribution is 0.0736. The molecule has 30 heavy (non-hydrogen) atoms. The Morgan fingerprint density at radius 1 is 0.900 bits per heavy atom. The zero-order valence-electron chi connectivity index (χ0n) is 15.7. The van der Waals surface area contributed by atoms with E-state index in [-0.39, 0.29) is 0 Å². The summed E-state index contributed by atoms with van der Waals surface area (Å²) < 4.78 is 27.8. The first-order valence-electron chi connectivity index (χ1n) is 9.21. The van der Waals surface area contributed by atoms with E-state index in [4.69, 9.17) is 23.2 Å². The molecular weight excluding hydrogens is 433 g/mol. The summed E-state index contributed by atoms with van der Waals surface area (Å²) in [6, 6.07) is 12.2. The molecule has 2 heterocycles. The standard InChI is InChI=1S/C21H16Cl2F2N4O/c22-13-4-5-14(15(23)12-13)18-6-7-19(27-26-18)28-8-10-29(11-9-28)21(30)20-16(24)2-1-3-17(20)25/h1-7,12H,8-11H2. The minimum absolute atomic E-state index is 0.319. The van der Waals surface area contributed by atoms with Crippen molar-refractivity contribution in [2.75, 3.05) is 31.1 Å². The molecule has 0 saturated carbocycles. The first kappa shape index (κ1) is 20.5. The summed E-state index contributed by atoms with van der Waals surface area (Å²) in [4.78, 5) is 15.9. The Hall–Kier alpha value is -2.77. The van der Waals surface area contributed by atoms with Crippen LogP contribution in [-0.2, 0) is 0 Å². The third kappa shape index (κ3) is 4.08. The van der Waals surface area contributed by atoms with Crippen LogP contribution in [0.4, 0.5) is 14.6 Å². The molecule has 0 radical (unpaired) electrons. The molecule has 9 heteroatoms. The maximum absolute atomic E-state index is 13.9. The predicted octanol–water partition coefficient (Wildman–Crippen LogP) is 4.69. The largest absolute Gasteiger partial charge is 0.352 e. The number of amides is 1. The smallest absolute Gasteiger partial charge is 0.259 e. The Balaban J connectivity index is 1.43. The number of hydrogen-bond acceptors (Lipinski definition) is 4. The Kier molecular flexibility index (Phi) is 5.83. The number of halogens is 4.